The van der Waals surface area contributed by atoms with Crippen molar-refractivity contribution in [1.82, 2.24) is 9.55 Å². The summed E-state index contributed by atoms with van der Waals surface area (Å²) < 4.78 is 2.11. The fourth-order valence-electron chi connectivity index (χ4n) is 2.41. The van der Waals surface area contributed by atoms with Gasteiger partial charge in [0, 0.05) is 6.54 Å². The first-order chi connectivity index (χ1) is 10.2. The highest BCUT2D eigenvalue weighted by Crippen LogP contribution is 2.29. The van der Waals surface area contributed by atoms with Gasteiger partial charge in [0.1, 0.15) is 5.82 Å². The highest BCUT2D eigenvalue weighted by molar-refractivity contribution is 6.42. The average molecular weight is 340 g/mol. The number of hydrogen-bond acceptors (Lipinski definition) is 1. The molecule has 0 saturated carbocycles. The van der Waals surface area contributed by atoms with Gasteiger partial charge in [-0.15, -0.1) is 11.6 Å². The van der Waals surface area contributed by atoms with Gasteiger partial charge in [0.15, 0.2) is 0 Å². The Hall–Kier alpha value is -1.22. The van der Waals surface area contributed by atoms with E-state index >= 15 is 0 Å². The van der Waals surface area contributed by atoms with Crippen molar-refractivity contribution >= 4 is 45.8 Å². The maximum atomic E-state index is 6.12. The molecule has 21 heavy (non-hydrogen) atoms. The number of alkyl halides is 1. The Morgan fingerprint density at radius 3 is 2.43 bits per heavy atom. The van der Waals surface area contributed by atoms with Gasteiger partial charge >= 0.3 is 0 Å². The second-order valence-electron chi connectivity index (χ2n) is 4.80. The van der Waals surface area contributed by atoms with Gasteiger partial charge in [-0.1, -0.05) is 53.5 Å². The van der Waals surface area contributed by atoms with E-state index in [1.807, 2.05) is 24.3 Å². The van der Waals surface area contributed by atoms with Crippen LogP contribution in [0.25, 0.3) is 11.0 Å². The van der Waals surface area contributed by atoms with E-state index in [0.717, 1.165) is 29.8 Å². The Labute approximate surface area is 138 Å². The summed E-state index contributed by atoms with van der Waals surface area (Å²) in [4.78, 5) is 4.53. The Morgan fingerprint density at radius 2 is 1.71 bits per heavy atom. The van der Waals surface area contributed by atoms with E-state index < -0.39 is 0 Å². The van der Waals surface area contributed by atoms with Gasteiger partial charge in [-0.2, -0.15) is 0 Å². The topological polar surface area (TPSA) is 17.8 Å². The number of aromatic nitrogens is 2. The van der Waals surface area contributed by atoms with Crippen LogP contribution in [0.1, 0.15) is 11.4 Å². The number of nitrogens with zero attached hydrogens (tertiary/aromatic N) is 2. The molecular weight excluding hydrogens is 327 g/mol. The minimum atomic E-state index is 0.360. The van der Waals surface area contributed by atoms with E-state index in [9.17, 15) is 0 Å². The second-order valence-corrected chi connectivity index (χ2v) is 5.89. The van der Waals surface area contributed by atoms with Gasteiger partial charge in [0.25, 0.3) is 0 Å². The normalized spacial score (nSPS) is 11.2. The molecule has 0 aliphatic heterocycles. The highest BCUT2D eigenvalue weighted by Gasteiger charge is 2.12. The van der Waals surface area contributed by atoms with Crippen molar-refractivity contribution in [3.8, 4) is 0 Å². The lowest BCUT2D eigenvalue weighted by Crippen LogP contribution is -2.05. The lowest BCUT2D eigenvalue weighted by atomic mass is 10.1. The van der Waals surface area contributed by atoms with Crippen LogP contribution < -0.4 is 0 Å². The van der Waals surface area contributed by atoms with Crippen molar-refractivity contribution in [2.75, 3.05) is 0 Å². The third kappa shape index (κ3) is 3.03. The summed E-state index contributed by atoms with van der Waals surface area (Å²) >= 11 is 18.2. The van der Waals surface area contributed by atoms with Crippen LogP contribution in [0.15, 0.2) is 42.5 Å². The molecule has 3 aromatic rings. The first-order valence-corrected chi connectivity index (χ1v) is 7.92. The number of hydrogen-bond donors (Lipinski definition) is 0. The summed E-state index contributed by atoms with van der Waals surface area (Å²) in [5, 5.41) is 1.05. The zero-order valence-electron chi connectivity index (χ0n) is 11.2. The van der Waals surface area contributed by atoms with E-state index in [0.29, 0.717) is 15.9 Å². The number of imidazole rings is 1. The molecule has 5 heteroatoms. The molecule has 0 saturated heterocycles. The predicted octanol–water partition coefficient (Wildman–Crippen LogP) is 5.32. The van der Waals surface area contributed by atoms with Crippen LogP contribution in [0.5, 0.6) is 0 Å². The minimum Gasteiger partial charge on any atom is -0.327 e. The van der Waals surface area contributed by atoms with Crippen molar-refractivity contribution in [1.29, 1.82) is 0 Å². The fourth-order valence-corrected chi connectivity index (χ4v) is 2.93. The number of halogens is 3. The molecular formula is C16H13Cl3N2. The third-order valence-electron chi connectivity index (χ3n) is 3.46. The quantitative estimate of drug-likeness (QED) is 0.588. The van der Waals surface area contributed by atoms with Crippen LogP contribution in [-0.2, 0) is 18.8 Å². The Morgan fingerprint density at radius 1 is 1.00 bits per heavy atom. The minimum absolute atomic E-state index is 0.360. The summed E-state index contributed by atoms with van der Waals surface area (Å²) in [6.45, 7) is 0.806. The fraction of sp³-hybridized carbons (Fsp3) is 0.188. The molecule has 1 aromatic heterocycles. The van der Waals surface area contributed by atoms with Crippen molar-refractivity contribution in [2.45, 2.75) is 18.8 Å². The Bertz CT molecular complexity index is 766. The molecule has 0 atom stereocenters. The van der Waals surface area contributed by atoms with Crippen LogP contribution in [0.4, 0.5) is 0 Å². The molecule has 0 amide bonds. The lowest BCUT2D eigenvalue weighted by molar-refractivity contribution is 0.688. The van der Waals surface area contributed by atoms with Crippen molar-refractivity contribution in [2.24, 2.45) is 0 Å². The first kappa shape index (κ1) is 14.7. The molecule has 1 heterocycles. The van der Waals surface area contributed by atoms with Crippen molar-refractivity contribution in [3.05, 3.63) is 63.9 Å². The van der Waals surface area contributed by atoms with Gasteiger partial charge in [-0.3, -0.25) is 0 Å². The van der Waals surface area contributed by atoms with Crippen molar-refractivity contribution < 1.29 is 0 Å². The van der Waals surface area contributed by atoms with Gasteiger partial charge < -0.3 is 4.57 Å². The van der Waals surface area contributed by atoms with Gasteiger partial charge in [0.05, 0.1) is 27.0 Å². The summed E-state index contributed by atoms with van der Waals surface area (Å²) in [7, 11) is 0. The number of rotatable bonds is 4. The van der Waals surface area contributed by atoms with E-state index in [-0.39, 0.29) is 0 Å². The van der Waals surface area contributed by atoms with E-state index in [4.69, 9.17) is 34.8 Å². The van der Waals surface area contributed by atoms with Gasteiger partial charge in [0.2, 0.25) is 0 Å². The number of benzene rings is 2. The number of aryl methyl sites for hydroxylation is 2. The molecule has 0 fully saturated rings. The summed E-state index contributed by atoms with van der Waals surface area (Å²) in [5.41, 5.74) is 3.07. The lowest BCUT2D eigenvalue weighted by Gasteiger charge is -2.08. The molecule has 0 aliphatic rings. The second kappa shape index (κ2) is 6.27. The van der Waals surface area contributed by atoms with Crippen LogP contribution in [-0.4, -0.2) is 9.55 Å². The summed E-state index contributed by atoms with van der Waals surface area (Å²) in [6, 6.07) is 14.0. The van der Waals surface area contributed by atoms with E-state index in [1.54, 1.807) is 6.07 Å². The monoisotopic (exact) mass is 338 g/mol. The maximum Gasteiger partial charge on any atom is 0.124 e. The molecule has 108 valence electrons. The Kier molecular flexibility index (Phi) is 4.39. The first-order valence-electron chi connectivity index (χ1n) is 6.63. The number of fused-ring (bicyclic) bond motifs is 1. The SMILES string of the molecule is ClCc1nc2cc(Cl)c(Cl)cc2n1CCc1ccccc1. The maximum absolute atomic E-state index is 6.12. The zero-order chi connectivity index (χ0) is 14.8. The van der Waals surface area contributed by atoms with Gasteiger partial charge in [-0.05, 0) is 24.1 Å². The Balaban J connectivity index is 1.98. The molecule has 2 nitrogen and oxygen atoms in total. The summed E-state index contributed by atoms with van der Waals surface area (Å²) in [6.07, 6.45) is 0.913. The van der Waals surface area contributed by atoms with Gasteiger partial charge in [-0.25, -0.2) is 4.98 Å². The van der Waals surface area contributed by atoms with Crippen LogP contribution in [0, 0.1) is 0 Å². The zero-order valence-corrected chi connectivity index (χ0v) is 13.5. The van der Waals surface area contributed by atoms with Crippen LogP contribution >= 0.6 is 34.8 Å². The molecule has 0 bridgehead atoms. The largest absolute Gasteiger partial charge is 0.327 e. The van der Waals surface area contributed by atoms with E-state index in [1.165, 1.54) is 5.56 Å². The van der Waals surface area contributed by atoms with Crippen LogP contribution in [0.3, 0.4) is 0 Å². The molecule has 0 N–H and O–H groups in total. The highest BCUT2D eigenvalue weighted by atomic mass is 35.5. The molecule has 0 radical (unpaired) electrons. The van der Waals surface area contributed by atoms with Crippen molar-refractivity contribution in [3.63, 3.8) is 0 Å². The average Bonchev–Trinajstić information content (AvgIpc) is 2.83. The smallest absolute Gasteiger partial charge is 0.124 e. The molecule has 3 rings (SSSR count). The van der Waals surface area contributed by atoms with Crippen LogP contribution in [0.2, 0.25) is 10.0 Å². The molecule has 0 spiro atoms. The van der Waals surface area contributed by atoms with E-state index in [2.05, 4.69) is 21.7 Å². The standard InChI is InChI=1S/C16H13Cl3N2/c17-10-16-20-14-8-12(18)13(19)9-15(14)21(16)7-6-11-4-2-1-3-5-11/h1-5,8-9H,6-7,10H2. The predicted molar refractivity (Wildman–Crippen MR) is 89.5 cm³/mol. The third-order valence-corrected chi connectivity index (χ3v) is 4.42. The summed E-state index contributed by atoms with van der Waals surface area (Å²) in [5.74, 6) is 1.19. The molecule has 0 unspecified atom stereocenters. The molecule has 2 aromatic carbocycles. The molecule has 0 aliphatic carbocycles.